The van der Waals surface area contributed by atoms with Gasteiger partial charge in [-0.3, -0.25) is 4.90 Å². The summed E-state index contributed by atoms with van der Waals surface area (Å²) in [5, 5.41) is 3.73. The Morgan fingerprint density at radius 2 is 1.95 bits per heavy atom. The third-order valence-electron chi connectivity index (χ3n) is 4.52. The fourth-order valence-corrected chi connectivity index (χ4v) is 2.98. The molecule has 4 nitrogen and oxygen atoms in total. The lowest BCUT2D eigenvalue weighted by Gasteiger charge is -2.34. The molecule has 112 valence electrons. The van der Waals surface area contributed by atoms with E-state index in [9.17, 15) is 0 Å². The number of rotatable bonds is 5. The SMILES string of the molecule is CC(C)C1CC(NCCN2CCN(C)CC2)CCO1. The molecule has 0 aliphatic carbocycles. The van der Waals surface area contributed by atoms with Crippen molar-refractivity contribution in [2.24, 2.45) is 5.92 Å². The topological polar surface area (TPSA) is 27.7 Å². The Bertz CT molecular complexity index is 252. The number of ether oxygens (including phenoxy) is 1. The molecule has 2 unspecified atom stereocenters. The average molecular weight is 269 g/mol. The van der Waals surface area contributed by atoms with Crippen LogP contribution in [0.25, 0.3) is 0 Å². The highest BCUT2D eigenvalue weighted by molar-refractivity contribution is 4.79. The fourth-order valence-electron chi connectivity index (χ4n) is 2.98. The minimum absolute atomic E-state index is 0.454. The number of hydrogen-bond donors (Lipinski definition) is 1. The predicted octanol–water partition coefficient (Wildman–Crippen LogP) is 1.03. The molecule has 0 aromatic rings. The Morgan fingerprint density at radius 3 is 2.63 bits per heavy atom. The molecule has 0 radical (unpaired) electrons. The van der Waals surface area contributed by atoms with Crippen molar-refractivity contribution in [1.29, 1.82) is 0 Å². The van der Waals surface area contributed by atoms with Crippen molar-refractivity contribution < 1.29 is 4.74 Å². The minimum Gasteiger partial charge on any atom is -0.378 e. The lowest BCUT2D eigenvalue weighted by Crippen LogP contribution is -2.48. The lowest BCUT2D eigenvalue weighted by molar-refractivity contribution is -0.0246. The molecule has 0 saturated carbocycles. The van der Waals surface area contributed by atoms with E-state index in [4.69, 9.17) is 4.74 Å². The second-order valence-corrected chi connectivity index (χ2v) is 6.47. The van der Waals surface area contributed by atoms with Crippen LogP contribution in [-0.2, 0) is 4.74 Å². The van der Waals surface area contributed by atoms with Gasteiger partial charge in [-0.05, 0) is 25.8 Å². The van der Waals surface area contributed by atoms with Gasteiger partial charge in [-0.1, -0.05) is 13.8 Å². The van der Waals surface area contributed by atoms with E-state index in [0.717, 1.165) is 13.2 Å². The predicted molar refractivity (Wildman–Crippen MR) is 79.5 cm³/mol. The summed E-state index contributed by atoms with van der Waals surface area (Å²) in [6.07, 6.45) is 2.81. The average Bonchev–Trinajstić information content (AvgIpc) is 2.41. The Morgan fingerprint density at radius 1 is 1.21 bits per heavy atom. The van der Waals surface area contributed by atoms with Crippen LogP contribution in [-0.4, -0.2) is 74.9 Å². The highest BCUT2D eigenvalue weighted by Crippen LogP contribution is 2.19. The fraction of sp³-hybridized carbons (Fsp3) is 1.00. The zero-order valence-corrected chi connectivity index (χ0v) is 12.9. The maximum atomic E-state index is 5.82. The molecule has 0 aromatic carbocycles. The van der Waals surface area contributed by atoms with Crippen molar-refractivity contribution in [2.75, 3.05) is 52.9 Å². The number of hydrogen-bond acceptors (Lipinski definition) is 4. The molecule has 0 bridgehead atoms. The van der Waals surface area contributed by atoms with Crippen LogP contribution in [0.15, 0.2) is 0 Å². The van der Waals surface area contributed by atoms with E-state index in [1.165, 1.54) is 45.6 Å². The van der Waals surface area contributed by atoms with Crippen LogP contribution < -0.4 is 5.32 Å². The quantitative estimate of drug-likeness (QED) is 0.807. The molecule has 0 amide bonds. The minimum atomic E-state index is 0.454. The zero-order valence-electron chi connectivity index (χ0n) is 12.9. The van der Waals surface area contributed by atoms with Crippen LogP contribution in [0.2, 0.25) is 0 Å². The summed E-state index contributed by atoms with van der Waals surface area (Å²) in [4.78, 5) is 4.99. The van der Waals surface area contributed by atoms with Gasteiger partial charge in [0.15, 0.2) is 0 Å². The van der Waals surface area contributed by atoms with Crippen LogP contribution in [0.3, 0.4) is 0 Å². The number of likely N-dealkylation sites (N-methyl/N-ethyl adjacent to an activating group) is 1. The standard InChI is InChI=1S/C15H31N3O/c1-13(2)15-12-14(4-11-19-15)16-5-6-18-9-7-17(3)8-10-18/h13-16H,4-12H2,1-3H3. The van der Waals surface area contributed by atoms with Gasteiger partial charge in [-0.25, -0.2) is 0 Å². The van der Waals surface area contributed by atoms with Crippen LogP contribution in [0.4, 0.5) is 0 Å². The molecule has 1 N–H and O–H groups in total. The van der Waals surface area contributed by atoms with Crippen LogP contribution in [0.1, 0.15) is 26.7 Å². The third-order valence-corrected chi connectivity index (χ3v) is 4.52. The summed E-state index contributed by atoms with van der Waals surface area (Å²) in [7, 11) is 2.21. The van der Waals surface area contributed by atoms with Gasteiger partial charge in [0.25, 0.3) is 0 Å². The second kappa shape index (κ2) is 7.58. The molecule has 2 atom stereocenters. The van der Waals surface area contributed by atoms with E-state index in [0.29, 0.717) is 18.1 Å². The van der Waals surface area contributed by atoms with Crippen molar-refractivity contribution in [3.63, 3.8) is 0 Å². The van der Waals surface area contributed by atoms with E-state index in [2.05, 4.69) is 36.0 Å². The summed E-state index contributed by atoms with van der Waals surface area (Å²) < 4.78 is 5.82. The molecule has 0 spiro atoms. The maximum absolute atomic E-state index is 5.82. The van der Waals surface area contributed by atoms with E-state index in [1.54, 1.807) is 0 Å². The monoisotopic (exact) mass is 269 g/mol. The summed E-state index contributed by atoms with van der Waals surface area (Å²) in [6.45, 7) is 12.6. The van der Waals surface area contributed by atoms with Crippen LogP contribution >= 0.6 is 0 Å². The normalized spacial score (nSPS) is 30.9. The third kappa shape index (κ3) is 5.03. The molecule has 2 heterocycles. The number of piperazine rings is 1. The van der Waals surface area contributed by atoms with Gasteiger partial charge in [0.05, 0.1) is 6.10 Å². The Labute approximate surface area is 118 Å². The molecule has 0 aromatic heterocycles. The van der Waals surface area contributed by atoms with Crippen LogP contribution in [0, 0.1) is 5.92 Å². The molecular formula is C15H31N3O. The van der Waals surface area contributed by atoms with Gasteiger partial charge >= 0.3 is 0 Å². The highest BCUT2D eigenvalue weighted by atomic mass is 16.5. The van der Waals surface area contributed by atoms with Crippen molar-refractivity contribution in [3.05, 3.63) is 0 Å². The number of nitrogens with one attached hydrogen (secondary N) is 1. The van der Waals surface area contributed by atoms with Gasteiger partial charge in [0, 0.05) is 51.9 Å². The van der Waals surface area contributed by atoms with Gasteiger partial charge in [-0.2, -0.15) is 0 Å². The largest absolute Gasteiger partial charge is 0.378 e. The van der Waals surface area contributed by atoms with E-state index < -0.39 is 0 Å². The van der Waals surface area contributed by atoms with Crippen molar-refractivity contribution in [3.8, 4) is 0 Å². The van der Waals surface area contributed by atoms with Gasteiger partial charge in [0.2, 0.25) is 0 Å². The molecule has 4 heteroatoms. The summed E-state index contributed by atoms with van der Waals surface area (Å²) in [5.74, 6) is 0.641. The second-order valence-electron chi connectivity index (χ2n) is 6.47. The summed E-state index contributed by atoms with van der Waals surface area (Å²) >= 11 is 0. The van der Waals surface area contributed by atoms with Gasteiger partial charge < -0.3 is 15.0 Å². The van der Waals surface area contributed by atoms with E-state index >= 15 is 0 Å². The number of nitrogens with zero attached hydrogens (tertiary/aromatic N) is 2. The first-order valence-corrected chi connectivity index (χ1v) is 7.91. The first-order valence-electron chi connectivity index (χ1n) is 7.91. The van der Waals surface area contributed by atoms with Crippen molar-refractivity contribution >= 4 is 0 Å². The van der Waals surface area contributed by atoms with E-state index in [-0.39, 0.29) is 0 Å². The first kappa shape index (κ1) is 15.2. The van der Waals surface area contributed by atoms with E-state index in [1.807, 2.05) is 0 Å². The molecular weight excluding hydrogens is 238 g/mol. The summed E-state index contributed by atoms with van der Waals surface area (Å²) in [5.41, 5.74) is 0. The van der Waals surface area contributed by atoms with Crippen LogP contribution in [0.5, 0.6) is 0 Å². The Hall–Kier alpha value is -0.160. The highest BCUT2D eigenvalue weighted by Gasteiger charge is 2.24. The molecule has 19 heavy (non-hydrogen) atoms. The van der Waals surface area contributed by atoms with Crippen molar-refractivity contribution in [1.82, 2.24) is 15.1 Å². The Balaban J connectivity index is 1.60. The maximum Gasteiger partial charge on any atom is 0.0612 e. The zero-order chi connectivity index (χ0) is 13.7. The summed E-state index contributed by atoms with van der Waals surface area (Å²) in [6, 6.07) is 0.661. The first-order chi connectivity index (χ1) is 9.15. The molecule has 2 aliphatic rings. The van der Waals surface area contributed by atoms with Gasteiger partial charge in [0.1, 0.15) is 0 Å². The smallest absolute Gasteiger partial charge is 0.0612 e. The molecule has 2 saturated heterocycles. The van der Waals surface area contributed by atoms with Crippen molar-refractivity contribution in [2.45, 2.75) is 38.8 Å². The molecule has 2 fully saturated rings. The lowest BCUT2D eigenvalue weighted by atomic mass is 9.95. The van der Waals surface area contributed by atoms with Gasteiger partial charge in [-0.15, -0.1) is 0 Å². The Kier molecular flexibility index (Phi) is 6.07. The molecule has 2 rings (SSSR count). The molecule has 2 aliphatic heterocycles.